The van der Waals surface area contributed by atoms with E-state index in [4.69, 9.17) is 4.74 Å². The quantitative estimate of drug-likeness (QED) is 0.167. The number of halogens is 4. The normalized spacial score (nSPS) is 16.6. The molecule has 1 atom stereocenters. The van der Waals surface area contributed by atoms with E-state index in [-0.39, 0.29) is 22.3 Å². The van der Waals surface area contributed by atoms with Crippen molar-refractivity contribution in [1.82, 2.24) is 13.9 Å². The molecule has 3 aromatic rings. The number of ether oxygens (including phenoxy) is 1. The number of benzene rings is 2. The Morgan fingerprint density at radius 2 is 1.86 bits per heavy atom. The Balaban J connectivity index is 1.72. The summed E-state index contributed by atoms with van der Waals surface area (Å²) in [6.07, 6.45) is 1.66. The fraction of sp³-hybridized carbons (Fsp3) is 0.435. The highest BCUT2D eigenvalue weighted by Crippen LogP contribution is 2.32. The number of hydrogen-bond acceptors (Lipinski definition) is 5. The minimum atomic E-state index is -3.71. The maximum Gasteiger partial charge on any atom is 0.243 e. The summed E-state index contributed by atoms with van der Waals surface area (Å²) in [6.45, 7) is 5.21. The van der Waals surface area contributed by atoms with Gasteiger partial charge in [-0.1, -0.05) is 25.6 Å². The van der Waals surface area contributed by atoms with Crippen molar-refractivity contribution in [2.75, 3.05) is 19.7 Å². The Labute approximate surface area is 205 Å². The van der Waals surface area contributed by atoms with Gasteiger partial charge in [0.05, 0.1) is 28.6 Å². The van der Waals surface area contributed by atoms with Gasteiger partial charge in [-0.3, -0.25) is 0 Å². The molecular formula is C23H25F4N3O3S2. The van der Waals surface area contributed by atoms with Crippen molar-refractivity contribution < 1.29 is 30.7 Å². The van der Waals surface area contributed by atoms with E-state index in [1.54, 1.807) is 19.9 Å². The minimum absolute atomic E-state index is 0.0803. The summed E-state index contributed by atoms with van der Waals surface area (Å²) in [5.41, 5.74) is 0.723. The predicted molar refractivity (Wildman–Crippen MR) is 125 cm³/mol. The molecule has 0 saturated carbocycles. The first kappa shape index (κ1) is 25.9. The van der Waals surface area contributed by atoms with Gasteiger partial charge < -0.3 is 9.30 Å². The molecule has 12 heteroatoms. The molecule has 6 nitrogen and oxygen atoms in total. The van der Waals surface area contributed by atoms with Gasteiger partial charge in [-0.2, -0.15) is 4.31 Å². The summed E-state index contributed by atoms with van der Waals surface area (Å²) in [7, 11) is -3.71. The lowest BCUT2D eigenvalue weighted by Gasteiger charge is -2.18. The Morgan fingerprint density at radius 3 is 2.51 bits per heavy atom. The first-order valence-electron chi connectivity index (χ1n) is 11.2. The molecule has 0 radical (unpaired) electrons. The van der Waals surface area contributed by atoms with Crippen molar-refractivity contribution in [2.45, 2.75) is 55.1 Å². The van der Waals surface area contributed by atoms with Crippen LogP contribution in [0.4, 0.5) is 17.6 Å². The third kappa shape index (κ3) is 5.07. The first-order valence-corrected chi connectivity index (χ1v) is 13.7. The zero-order chi connectivity index (χ0) is 25.3. The van der Waals surface area contributed by atoms with Gasteiger partial charge in [-0.15, -0.1) is 0 Å². The van der Waals surface area contributed by atoms with Gasteiger partial charge in [-0.25, -0.2) is 31.0 Å². The molecule has 0 N–H and O–H groups in total. The molecule has 0 bridgehead atoms. The molecular weight excluding hydrogens is 506 g/mol. The number of rotatable bonds is 9. The Hall–Kier alpha value is -2.15. The van der Waals surface area contributed by atoms with E-state index in [1.165, 1.54) is 16.4 Å². The average molecular weight is 532 g/mol. The maximum atomic E-state index is 14.2. The lowest BCUT2D eigenvalue weighted by molar-refractivity contribution is 0.0960. The number of nitrogens with zero attached hydrogens (tertiary/aromatic N) is 3. The molecule has 0 aliphatic carbocycles. The van der Waals surface area contributed by atoms with Crippen molar-refractivity contribution in [1.29, 1.82) is 0 Å². The number of fused-ring (bicyclic) bond motifs is 1. The van der Waals surface area contributed by atoms with Crippen LogP contribution < -0.4 is 0 Å². The summed E-state index contributed by atoms with van der Waals surface area (Å²) in [4.78, 5) is 4.65. The van der Waals surface area contributed by atoms with Crippen molar-refractivity contribution in [3.8, 4) is 0 Å². The van der Waals surface area contributed by atoms with Crippen molar-refractivity contribution in [2.24, 2.45) is 0 Å². The highest BCUT2D eigenvalue weighted by molar-refractivity contribution is 7.98. The summed E-state index contributed by atoms with van der Waals surface area (Å²) in [6, 6.07) is 5.29. The van der Waals surface area contributed by atoms with Crippen LogP contribution in [0.1, 0.15) is 32.3 Å². The van der Waals surface area contributed by atoms with E-state index in [0.29, 0.717) is 48.5 Å². The number of thioether (sulfide) groups is 1. The van der Waals surface area contributed by atoms with Gasteiger partial charge >= 0.3 is 0 Å². The summed E-state index contributed by atoms with van der Waals surface area (Å²) in [5, 5.41) is 0.400. The van der Waals surface area contributed by atoms with E-state index >= 15 is 0 Å². The minimum Gasteiger partial charge on any atom is -0.376 e. The largest absolute Gasteiger partial charge is 0.376 e. The van der Waals surface area contributed by atoms with Crippen molar-refractivity contribution in [3.05, 3.63) is 53.1 Å². The molecule has 0 amide bonds. The van der Waals surface area contributed by atoms with E-state index in [2.05, 4.69) is 4.98 Å². The monoisotopic (exact) mass is 531 g/mol. The van der Waals surface area contributed by atoms with Crippen LogP contribution in [0.25, 0.3) is 11.0 Å². The first-order chi connectivity index (χ1) is 16.7. The van der Waals surface area contributed by atoms with Crippen LogP contribution in [0.2, 0.25) is 0 Å². The van der Waals surface area contributed by atoms with Gasteiger partial charge in [0.1, 0.15) is 0 Å². The van der Waals surface area contributed by atoms with Crippen molar-refractivity contribution in [3.63, 3.8) is 0 Å². The van der Waals surface area contributed by atoms with Gasteiger partial charge in [0.2, 0.25) is 10.0 Å². The summed E-state index contributed by atoms with van der Waals surface area (Å²) >= 11 is 1.02. The second-order valence-electron chi connectivity index (χ2n) is 8.13. The summed E-state index contributed by atoms with van der Waals surface area (Å²) < 4.78 is 89.7. The van der Waals surface area contributed by atoms with E-state index in [1.807, 2.05) is 4.57 Å². The maximum absolute atomic E-state index is 14.2. The Morgan fingerprint density at radius 1 is 1.11 bits per heavy atom. The lowest BCUT2D eigenvalue weighted by atomic mass is 10.2. The molecule has 1 saturated heterocycles. The van der Waals surface area contributed by atoms with Gasteiger partial charge in [0, 0.05) is 31.0 Å². The summed E-state index contributed by atoms with van der Waals surface area (Å²) in [5.74, 6) is -6.85. The fourth-order valence-electron chi connectivity index (χ4n) is 4.11. The second kappa shape index (κ2) is 10.5. The zero-order valence-corrected chi connectivity index (χ0v) is 20.9. The Kier molecular flexibility index (Phi) is 7.74. The van der Waals surface area contributed by atoms with E-state index in [9.17, 15) is 26.0 Å². The molecule has 2 heterocycles. The van der Waals surface area contributed by atoms with Crippen LogP contribution in [-0.4, -0.2) is 48.1 Å². The average Bonchev–Trinajstić information content (AvgIpc) is 3.47. The standard InChI is InChI=1S/C23H25F4N3O3S2/c1-3-29(4-2)35(31,32)16-7-8-19-18(11-16)28-23(30(19)12-15-6-5-9-33-15)34-13-14-10-17(24)21(26)22(27)20(14)25/h7-8,10-11,15H,3-6,9,12-13H2,1-2H3/t15-/m0/s1. The van der Waals surface area contributed by atoms with Crippen LogP contribution >= 0.6 is 11.8 Å². The van der Waals surface area contributed by atoms with Crippen LogP contribution in [0.5, 0.6) is 0 Å². The SMILES string of the molecule is CCN(CC)S(=O)(=O)c1ccc2c(c1)nc(SCc1cc(F)c(F)c(F)c1F)n2C[C@@H]1CCCO1. The molecule has 2 aromatic carbocycles. The third-order valence-electron chi connectivity index (χ3n) is 5.97. The molecule has 35 heavy (non-hydrogen) atoms. The van der Waals surface area contributed by atoms with Crippen LogP contribution in [0.3, 0.4) is 0 Å². The topological polar surface area (TPSA) is 64.4 Å². The van der Waals surface area contributed by atoms with Gasteiger partial charge in [0.25, 0.3) is 0 Å². The molecule has 1 fully saturated rings. The van der Waals surface area contributed by atoms with Gasteiger partial charge in [-0.05, 0) is 37.1 Å². The molecule has 0 unspecified atom stereocenters. The third-order valence-corrected chi connectivity index (χ3v) is 9.04. The van der Waals surface area contributed by atoms with Crippen molar-refractivity contribution >= 4 is 32.8 Å². The molecule has 190 valence electrons. The molecule has 1 aliphatic heterocycles. The predicted octanol–water partition coefficient (Wildman–Crippen LogP) is 5.09. The molecule has 4 rings (SSSR count). The number of hydrogen-bond donors (Lipinski definition) is 0. The second-order valence-corrected chi connectivity index (χ2v) is 11.0. The van der Waals surface area contributed by atoms with Crippen LogP contribution in [-0.2, 0) is 27.1 Å². The number of aromatic nitrogens is 2. The fourth-order valence-corrected chi connectivity index (χ4v) is 6.57. The number of imidazole rings is 1. The zero-order valence-electron chi connectivity index (χ0n) is 19.2. The molecule has 1 aromatic heterocycles. The molecule has 0 spiro atoms. The van der Waals surface area contributed by atoms with Crippen LogP contribution in [0.15, 0.2) is 34.3 Å². The van der Waals surface area contributed by atoms with E-state index in [0.717, 1.165) is 24.6 Å². The van der Waals surface area contributed by atoms with Gasteiger partial charge in [0.15, 0.2) is 28.4 Å². The Bertz CT molecular complexity index is 1340. The highest BCUT2D eigenvalue weighted by atomic mass is 32.2. The smallest absolute Gasteiger partial charge is 0.243 e. The number of sulfonamides is 1. The highest BCUT2D eigenvalue weighted by Gasteiger charge is 2.25. The van der Waals surface area contributed by atoms with E-state index < -0.39 is 33.3 Å². The molecule has 1 aliphatic rings. The van der Waals surface area contributed by atoms with Crippen LogP contribution in [0, 0.1) is 23.3 Å². The lowest BCUT2D eigenvalue weighted by Crippen LogP contribution is -2.30.